The maximum Gasteiger partial charge on any atom is 0.126 e. The third-order valence-electron chi connectivity index (χ3n) is 3.16. The molecule has 0 saturated carbocycles. The number of hydrogen-bond donors (Lipinski definition) is 1. The molecule has 0 aliphatic heterocycles. The van der Waals surface area contributed by atoms with Crippen molar-refractivity contribution in [1.29, 1.82) is 0 Å². The Kier molecular flexibility index (Phi) is 4.26. The zero-order valence-electron chi connectivity index (χ0n) is 11.5. The molecule has 0 amide bonds. The van der Waals surface area contributed by atoms with Crippen molar-refractivity contribution in [2.45, 2.75) is 40.7 Å². The van der Waals surface area contributed by atoms with Gasteiger partial charge in [-0.05, 0) is 36.5 Å². The second-order valence-electron chi connectivity index (χ2n) is 5.59. The summed E-state index contributed by atoms with van der Waals surface area (Å²) in [5, 5.41) is 0. The molecule has 0 bridgehead atoms. The van der Waals surface area contributed by atoms with Crippen molar-refractivity contribution in [3.05, 3.63) is 27.2 Å². The molecule has 1 aromatic carbocycles. The predicted molar refractivity (Wildman–Crippen MR) is 76.6 cm³/mol. The molecule has 0 aliphatic carbocycles. The van der Waals surface area contributed by atoms with Gasteiger partial charge in [0.15, 0.2) is 0 Å². The first-order valence-electron chi connectivity index (χ1n) is 5.79. The molecule has 0 spiro atoms. The van der Waals surface area contributed by atoms with Gasteiger partial charge in [-0.15, -0.1) is 0 Å². The van der Waals surface area contributed by atoms with Crippen LogP contribution >= 0.6 is 15.9 Å². The zero-order chi connectivity index (χ0) is 13.4. The van der Waals surface area contributed by atoms with Crippen LogP contribution < -0.4 is 10.5 Å². The first kappa shape index (κ1) is 14.5. The van der Waals surface area contributed by atoms with Crippen molar-refractivity contribution >= 4 is 15.9 Å². The molecule has 0 fully saturated rings. The van der Waals surface area contributed by atoms with Crippen molar-refractivity contribution < 1.29 is 4.74 Å². The fraction of sp³-hybridized carbons (Fsp3) is 0.571. The summed E-state index contributed by atoms with van der Waals surface area (Å²) < 4.78 is 6.62. The molecule has 0 saturated heterocycles. The molecule has 0 aliphatic rings. The fourth-order valence-electron chi connectivity index (χ4n) is 1.95. The first-order valence-corrected chi connectivity index (χ1v) is 6.58. The molecule has 1 unspecified atom stereocenters. The Morgan fingerprint density at radius 3 is 2.24 bits per heavy atom. The lowest BCUT2D eigenvalue weighted by Gasteiger charge is -2.31. The van der Waals surface area contributed by atoms with Gasteiger partial charge in [0.1, 0.15) is 5.75 Å². The Bertz CT molecular complexity index is 421. The number of rotatable bonds is 2. The zero-order valence-corrected chi connectivity index (χ0v) is 13.1. The Balaban J connectivity index is 3.50. The van der Waals surface area contributed by atoms with Crippen molar-refractivity contribution in [2.75, 3.05) is 7.11 Å². The van der Waals surface area contributed by atoms with Crippen LogP contribution in [0.5, 0.6) is 5.75 Å². The van der Waals surface area contributed by atoms with Crippen LogP contribution in [0.4, 0.5) is 0 Å². The Morgan fingerprint density at radius 2 is 1.82 bits per heavy atom. The van der Waals surface area contributed by atoms with Crippen molar-refractivity contribution in [3.8, 4) is 5.75 Å². The molecule has 1 atom stereocenters. The average Bonchev–Trinajstić information content (AvgIpc) is 2.20. The lowest BCUT2D eigenvalue weighted by atomic mass is 9.80. The Morgan fingerprint density at radius 1 is 1.29 bits per heavy atom. The lowest BCUT2D eigenvalue weighted by molar-refractivity contribution is 0.312. The van der Waals surface area contributed by atoms with E-state index in [1.54, 1.807) is 7.11 Å². The number of halogens is 1. The second kappa shape index (κ2) is 4.99. The van der Waals surface area contributed by atoms with Crippen molar-refractivity contribution in [1.82, 2.24) is 0 Å². The van der Waals surface area contributed by atoms with E-state index in [0.717, 1.165) is 26.9 Å². The van der Waals surface area contributed by atoms with E-state index in [1.807, 2.05) is 6.92 Å². The van der Waals surface area contributed by atoms with Crippen LogP contribution in [-0.2, 0) is 0 Å². The molecular formula is C14H22BrNO. The minimum absolute atomic E-state index is 0.00523. The minimum atomic E-state index is -0.0475. The van der Waals surface area contributed by atoms with Crippen LogP contribution in [0.2, 0.25) is 0 Å². The number of hydrogen-bond acceptors (Lipinski definition) is 2. The van der Waals surface area contributed by atoms with Gasteiger partial charge in [0.25, 0.3) is 0 Å². The molecule has 17 heavy (non-hydrogen) atoms. The van der Waals surface area contributed by atoms with Gasteiger partial charge in [0.05, 0.1) is 7.11 Å². The molecule has 0 radical (unpaired) electrons. The predicted octanol–water partition coefficient (Wildman–Crippen LogP) is 4.12. The van der Waals surface area contributed by atoms with E-state index < -0.39 is 0 Å². The third-order valence-corrected chi connectivity index (χ3v) is 3.98. The van der Waals surface area contributed by atoms with Crippen LogP contribution in [-0.4, -0.2) is 7.11 Å². The van der Waals surface area contributed by atoms with Crippen LogP contribution in [0.15, 0.2) is 10.5 Å². The number of nitrogens with two attached hydrogens (primary N) is 1. The molecule has 1 rings (SSSR count). The Hall–Kier alpha value is -0.540. The average molecular weight is 300 g/mol. The first-order chi connectivity index (χ1) is 7.70. The molecule has 1 aromatic rings. The summed E-state index contributed by atoms with van der Waals surface area (Å²) in [6.45, 7) is 10.6. The van der Waals surface area contributed by atoms with E-state index in [2.05, 4.69) is 49.7 Å². The molecule has 0 aromatic heterocycles. The highest BCUT2D eigenvalue weighted by molar-refractivity contribution is 9.10. The Labute approximate surface area is 113 Å². The van der Waals surface area contributed by atoms with Gasteiger partial charge in [0.2, 0.25) is 0 Å². The van der Waals surface area contributed by atoms with Gasteiger partial charge >= 0.3 is 0 Å². The van der Waals surface area contributed by atoms with Gasteiger partial charge in [-0.3, -0.25) is 0 Å². The van der Waals surface area contributed by atoms with Gasteiger partial charge < -0.3 is 10.5 Å². The molecule has 2 N–H and O–H groups in total. The van der Waals surface area contributed by atoms with Crippen LogP contribution in [0.3, 0.4) is 0 Å². The van der Waals surface area contributed by atoms with Crippen LogP contribution in [0, 0.1) is 19.3 Å². The van der Waals surface area contributed by atoms with E-state index >= 15 is 0 Å². The molecule has 96 valence electrons. The smallest absolute Gasteiger partial charge is 0.126 e. The molecule has 0 heterocycles. The van der Waals surface area contributed by atoms with E-state index in [-0.39, 0.29) is 11.5 Å². The maximum absolute atomic E-state index is 6.39. The minimum Gasteiger partial charge on any atom is -0.496 e. The van der Waals surface area contributed by atoms with E-state index in [9.17, 15) is 0 Å². The number of aryl methyl sites for hydroxylation is 1. The highest BCUT2D eigenvalue weighted by Crippen LogP contribution is 2.41. The van der Waals surface area contributed by atoms with Gasteiger partial charge in [-0.2, -0.15) is 0 Å². The van der Waals surface area contributed by atoms with E-state index in [1.165, 1.54) is 0 Å². The van der Waals surface area contributed by atoms with Gasteiger partial charge in [-0.25, -0.2) is 0 Å². The number of benzene rings is 1. The quantitative estimate of drug-likeness (QED) is 0.891. The highest BCUT2D eigenvalue weighted by Gasteiger charge is 2.28. The summed E-state index contributed by atoms with van der Waals surface area (Å²) in [5.74, 6) is 0.910. The topological polar surface area (TPSA) is 35.2 Å². The van der Waals surface area contributed by atoms with Crippen LogP contribution in [0.25, 0.3) is 0 Å². The molecule has 3 heteroatoms. The summed E-state index contributed by atoms with van der Waals surface area (Å²) in [5.41, 5.74) is 9.77. The SMILES string of the molecule is COc1c(C)cc(Br)c(C)c1C(N)C(C)(C)C. The summed E-state index contributed by atoms with van der Waals surface area (Å²) in [6, 6.07) is 2.03. The monoisotopic (exact) mass is 299 g/mol. The summed E-state index contributed by atoms with van der Waals surface area (Å²) >= 11 is 3.58. The third kappa shape index (κ3) is 2.83. The summed E-state index contributed by atoms with van der Waals surface area (Å²) in [6.07, 6.45) is 0. The van der Waals surface area contributed by atoms with Crippen molar-refractivity contribution in [3.63, 3.8) is 0 Å². The van der Waals surface area contributed by atoms with E-state index in [4.69, 9.17) is 10.5 Å². The maximum atomic E-state index is 6.39. The summed E-state index contributed by atoms with van der Waals surface area (Å²) in [7, 11) is 1.70. The largest absolute Gasteiger partial charge is 0.496 e. The summed E-state index contributed by atoms with van der Waals surface area (Å²) in [4.78, 5) is 0. The standard InChI is InChI=1S/C14H22BrNO/c1-8-7-10(15)9(2)11(12(8)17-6)13(16)14(3,4)5/h7,13H,16H2,1-6H3. The van der Waals surface area contributed by atoms with E-state index in [0.29, 0.717) is 0 Å². The van der Waals surface area contributed by atoms with Gasteiger partial charge in [0, 0.05) is 16.1 Å². The number of methoxy groups -OCH3 is 1. The van der Waals surface area contributed by atoms with Crippen molar-refractivity contribution in [2.24, 2.45) is 11.1 Å². The normalized spacial score (nSPS) is 13.6. The number of ether oxygens (including phenoxy) is 1. The highest BCUT2D eigenvalue weighted by atomic mass is 79.9. The molecule has 2 nitrogen and oxygen atoms in total. The fourth-order valence-corrected chi connectivity index (χ4v) is 2.51. The van der Waals surface area contributed by atoms with Crippen LogP contribution in [0.1, 0.15) is 43.5 Å². The second-order valence-corrected chi connectivity index (χ2v) is 6.45. The lowest BCUT2D eigenvalue weighted by Crippen LogP contribution is -2.27. The van der Waals surface area contributed by atoms with Gasteiger partial charge in [-0.1, -0.05) is 36.7 Å². The molecular weight excluding hydrogens is 278 g/mol.